The average molecular weight is 424 g/mol. The lowest BCUT2D eigenvalue weighted by atomic mass is 10.1. The van der Waals surface area contributed by atoms with Crippen LogP contribution >= 0.6 is 11.6 Å². The van der Waals surface area contributed by atoms with E-state index in [4.69, 9.17) is 16.3 Å². The van der Waals surface area contributed by atoms with Crippen molar-refractivity contribution in [3.63, 3.8) is 0 Å². The fourth-order valence-electron chi connectivity index (χ4n) is 2.58. The Morgan fingerprint density at radius 1 is 0.767 bits per heavy atom. The molecule has 0 unspecified atom stereocenters. The highest BCUT2D eigenvalue weighted by Gasteiger charge is 2.13. The van der Waals surface area contributed by atoms with Crippen LogP contribution in [0.15, 0.2) is 72.8 Å². The van der Waals surface area contributed by atoms with Gasteiger partial charge in [0.05, 0.1) is 17.7 Å². The number of carbonyl (C=O) groups is 3. The molecule has 3 amide bonds. The van der Waals surface area contributed by atoms with E-state index in [2.05, 4.69) is 16.2 Å². The number of hydrogen-bond acceptors (Lipinski definition) is 4. The predicted octanol–water partition coefficient (Wildman–Crippen LogP) is 3.68. The molecule has 0 heterocycles. The molecular formula is C22H18ClN3O4. The third-order valence-corrected chi connectivity index (χ3v) is 4.47. The van der Waals surface area contributed by atoms with E-state index in [0.717, 1.165) is 0 Å². The lowest BCUT2D eigenvalue weighted by Gasteiger charge is -2.10. The van der Waals surface area contributed by atoms with Crippen molar-refractivity contribution >= 4 is 35.0 Å². The summed E-state index contributed by atoms with van der Waals surface area (Å²) in [6, 6.07) is 19.4. The van der Waals surface area contributed by atoms with Gasteiger partial charge in [-0.15, -0.1) is 0 Å². The maximum Gasteiger partial charge on any atom is 0.269 e. The Bertz CT molecular complexity index is 1080. The van der Waals surface area contributed by atoms with E-state index in [9.17, 15) is 14.4 Å². The lowest BCUT2D eigenvalue weighted by molar-refractivity contribution is 0.0846. The van der Waals surface area contributed by atoms with Gasteiger partial charge in [-0.25, -0.2) is 0 Å². The molecule has 0 bridgehead atoms. The van der Waals surface area contributed by atoms with Gasteiger partial charge in [-0.1, -0.05) is 29.8 Å². The largest absolute Gasteiger partial charge is 0.497 e. The Balaban J connectivity index is 1.62. The third-order valence-electron chi connectivity index (χ3n) is 4.14. The minimum atomic E-state index is -0.536. The average Bonchev–Trinajstić information content (AvgIpc) is 2.77. The maximum absolute atomic E-state index is 12.4. The van der Waals surface area contributed by atoms with Crippen LogP contribution in [0.1, 0.15) is 31.1 Å². The summed E-state index contributed by atoms with van der Waals surface area (Å²) in [5.41, 5.74) is 6.03. The number of anilines is 1. The van der Waals surface area contributed by atoms with Crippen molar-refractivity contribution in [3.05, 3.63) is 94.5 Å². The topological polar surface area (TPSA) is 96.5 Å². The predicted molar refractivity (Wildman–Crippen MR) is 114 cm³/mol. The summed E-state index contributed by atoms with van der Waals surface area (Å²) in [6.45, 7) is 0. The molecule has 152 valence electrons. The second-order valence-electron chi connectivity index (χ2n) is 6.15. The Hall–Kier alpha value is -3.84. The summed E-state index contributed by atoms with van der Waals surface area (Å²) < 4.78 is 5.04. The van der Waals surface area contributed by atoms with E-state index in [-0.39, 0.29) is 5.56 Å². The molecule has 3 aromatic carbocycles. The van der Waals surface area contributed by atoms with Crippen LogP contribution in [0, 0.1) is 0 Å². The van der Waals surface area contributed by atoms with Gasteiger partial charge < -0.3 is 10.1 Å². The van der Waals surface area contributed by atoms with Crippen LogP contribution in [0.5, 0.6) is 5.75 Å². The van der Waals surface area contributed by atoms with Crippen LogP contribution in [0.25, 0.3) is 0 Å². The number of nitrogens with one attached hydrogen (secondary N) is 3. The van der Waals surface area contributed by atoms with E-state index in [1.807, 2.05) is 0 Å². The van der Waals surface area contributed by atoms with E-state index in [1.165, 1.54) is 13.2 Å². The maximum atomic E-state index is 12.4. The SMILES string of the molecule is COc1ccc(C(=O)NNC(=O)c2cccc(NC(=O)c3ccccc3Cl)c2)cc1. The van der Waals surface area contributed by atoms with Gasteiger partial charge in [0.15, 0.2) is 0 Å². The molecule has 0 aliphatic rings. The summed E-state index contributed by atoms with van der Waals surface area (Å²) in [5.74, 6) is -0.794. The second kappa shape index (κ2) is 9.58. The van der Waals surface area contributed by atoms with Crippen LogP contribution < -0.4 is 20.9 Å². The van der Waals surface area contributed by atoms with Crippen LogP contribution in [0.3, 0.4) is 0 Å². The summed E-state index contributed by atoms with van der Waals surface area (Å²) >= 11 is 6.03. The van der Waals surface area contributed by atoms with E-state index >= 15 is 0 Å². The Labute approximate surface area is 178 Å². The van der Waals surface area contributed by atoms with Gasteiger partial charge in [-0.3, -0.25) is 25.2 Å². The Kier molecular flexibility index (Phi) is 6.67. The molecular weight excluding hydrogens is 406 g/mol. The zero-order chi connectivity index (χ0) is 21.5. The van der Waals surface area contributed by atoms with Crippen LogP contribution in [0.2, 0.25) is 5.02 Å². The van der Waals surface area contributed by atoms with Gasteiger partial charge in [0.25, 0.3) is 17.7 Å². The van der Waals surface area contributed by atoms with Crippen molar-refractivity contribution in [2.24, 2.45) is 0 Å². The molecule has 0 saturated carbocycles. The lowest BCUT2D eigenvalue weighted by Crippen LogP contribution is -2.41. The molecule has 0 aromatic heterocycles. The number of ether oxygens (including phenoxy) is 1. The first-order chi connectivity index (χ1) is 14.5. The number of amides is 3. The number of halogens is 1. The molecule has 0 saturated heterocycles. The first-order valence-corrected chi connectivity index (χ1v) is 9.26. The molecule has 0 fully saturated rings. The molecule has 30 heavy (non-hydrogen) atoms. The summed E-state index contributed by atoms with van der Waals surface area (Å²) in [4.78, 5) is 36.9. The minimum absolute atomic E-state index is 0.252. The van der Waals surface area contributed by atoms with Crippen molar-refractivity contribution in [1.29, 1.82) is 0 Å². The number of hydrogen-bond donors (Lipinski definition) is 3. The zero-order valence-corrected chi connectivity index (χ0v) is 16.7. The van der Waals surface area contributed by atoms with Gasteiger partial charge in [-0.05, 0) is 54.6 Å². The molecule has 3 aromatic rings. The van der Waals surface area contributed by atoms with Crippen molar-refractivity contribution in [2.75, 3.05) is 12.4 Å². The fraction of sp³-hybridized carbons (Fsp3) is 0.0455. The van der Waals surface area contributed by atoms with Crippen molar-refractivity contribution in [1.82, 2.24) is 10.9 Å². The van der Waals surface area contributed by atoms with Crippen molar-refractivity contribution in [2.45, 2.75) is 0 Å². The molecule has 0 radical (unpaired) electrons. The zero-order valence-electron chi connectivity index (χ0n) is 15.9. The summed E-state index contributed by atoms with van der Waals surface area (Å²) in [5, 5.41) is 3.02. The molecule has 0 aliphatic carbocycles. The highest BCUT2D eigenvalue weighted by Crippen LogP contribution is 2.18. The second-order valence-corrected chi connectivity index (χ2v) is 6.56. The standard InChI is InChI=1S/C22H18ClN3O4/c1-30-17-11-9-14(10-12-17)20(27)25-26-21(28)15-5-4-6-16(13-15)24-22(29)18-7-2-3-8-19(18)23/h2-13H,1H3,(H,24,29)(H,25,27)(H,26,28). The fourth-order valence-corrected chi connectivity index (χ4v) is 2.80. The summed E-state index contributed by atoms with van der Waals surface area (Å²) in [6.07, 6.45) is 0. The number of benzene rings is 3. The monoisotopic (exact) mass is 423 g/mol. The van der Waals surface area contributed by atoms with E-state index < -0.39 is 17.7 Å². The van der Waals surface area contributed by atoms with Crippen molar-refractivity contribution < 1.29 is 19.1 Å². The molecule has 3 N–H and O–H groups in total. The van der Waals surface area contributed by atoms with E-state index in [1.54, 1.807) is 66.7 Å². The number of hydrazine groups is 1. The third kappa shape index (κ3) is 5.15. The normalized spacial score (nSPS) is 10.1. The van der Waals surface area contributed by atoms with Gasteiger partial charge >= 0.3 is 0 Å². The Morgan fingerprint density at radius 3 is 2.10 bits per heavy atom. The van der Waals surface area contributed by atoms with Gasteiger partial charge in [-0.2, -0.15) is 0 Å². The highest BCUT2D eigenvalue weighted by atomic mass is 35.5. The smallest absolute Gasteiger partial charge is 0.269 e. The molecule has 7 nitrogen and oxygen atoms in total. The first-order valence-electron chi connectivity index (χ1n) is 8.88. The molecule has 0 aliphatic heterocycles. The van der Waals surface area contributed by atoms with Gasteiger partial charge in [0.2, 0.25) is 0 Å². The van der Waals surface area contributed by atoms with E-state index in [0.29, 0.717) is 27.6 Å². The number of methoxy groups -OCH3 is 1. The Morgan fingerprint density at radius 2 is 1.43 bits per heavy atom. The first kappa shape index (κ1) is 20.9. The van der Waals surface area contributed by atoms with Crippen molar-refractivity contribution in [3.8, 4) is 5.75 Å². The number of rotatable bonds is 5. The quantitative estimate of drug-likeness (QED) is 0.545. The molecule has 0 atom stereocenters. The molecule has 3 rings (SSSR count). The molecule has 0 spiro atoms. The van der Waals surface area contributed by atoms with Gasteiger partial charge in [0.1, 0.15) is 5.75 Å². The highest BCUT2D eigenvalue weighted by molar-refractivity contribution is 6.34. The van der Waals surface area contributed by atoms with Gasteiger partial charge in [0, 0.05) is 16.8 Å². The minimum Gasteiger partial charge on any atom is -0.497 e. The number of carbonyl (C=O) groups excluding carboxylic acids is 3. The van der Waals surface area contributed by atoms with Crippen LogP contribution in [0.4, 0.5) is 5.69 Å². The summed E-state index contributed by atoms with van der Waals surface area (Å²) in [7, 11) is 1.53. The molecule has 8 heteroatoms. The van der Waals surface area contributed by atoms with Crippen LogP contribution in [-0.2, 0) is 0 Å². The van der Waals surface area contributed by atoms with Crippen LogP contribution in [-0.4, -0.2) is 24.8 Å².